The molecule has 3 aliphatic rings. The summed E-state index contributed by atoms with van der Waals surface area (Å²) in [5, 5.41) is 12.6. The van der Waals surface area contributed by atoms with Crippen molar-refractivity contribution < 1.29 is 14.7 Å². The molecule has 21 heavy (non-hydrogen) atoms. The monoisotopic (exact) mass is 313 g/mol. The Morgan fingerprint density at radius 2 is 2.14 bits per heavy atom. The molecule has 1 aliphatic carbocycles. The second-order valence-electron chi connectivity index (χ2n) is 6.23. The molecule has 7 heteroatoms. The zero-order chi connectivity index (χ0) is 15.0. The molecule has 2 heterocycles. The highest BCUT2D eigenvalue weighted by Gasteiger charge is 2.42. The predicted octanol–water partition coefficient (Wildman–Crippen LogP) is 0.823. The van der Waals surface area contributed by atoms with Crippen molar-refractivity contribution in [2.45, 2.75) is 49.6 Å². The van der Waals surface area contributed by atoms with Gasteiger partial charge in [0.2, 0.25) is 0 Å². The summed E-state index contributed by atoms with van der Waals surface area (Å²) >= 11 is 1.98. The minimum Gasteiger partial charge on any atom is -0.480 e. The quantitative estimate of drug-likeness (QED) is 0.786. The third kappa shape index (κ3) is 3.13. The van der Waals surface area contributed by atoms with Crippen LogP contribution in [-0.2, 0) is 4.79 Å². The van der Waals surface area contributed by atoms with Crippen molar-refractivity contribution in [1.82, 2.24) is 15.1 Å². The Kier molecular flexibility index (Phi) is 4.31. The first-order valence-electron chi connectivity index (χ1n) is 7.71. The molecule has 2 aliphatic heterocycles. The van der Waals surface area contributed by atoms with E-state index in [1.54, 1.807) is 0 Å². The molecule has 6 nitrogen and oxygen atoms in total. The molecule has 2 N–H and O–H groups in total. The Balaban J connectivity index is 1.42. The van der Waals surface area contributed by atoms with Gasteiger partial charge in [-0.25, -0.2) is 4.79 Å². The first-order chi connectivity index (χ1) is 10.1. The number of carbonyl (C=O) groups excluding carboxylic acids is 1. The van der Waals surface area contributed by atoms with Gasteiger partial charge in [0.05, 0.1) is 6.54 Å². The number of rotatable bonds is 5. The number of likely N-dealkylation sites (N-methyl/N-ethyl adjacent to an activating group) is 1. The third-order valence-corrected chi connectivity index (χ3v) is 6.25. The highest BCUT2D eigenvalue weighted by atomic mass is 32.2. The van der Waals surface area contributed by atoms with E-state index in [2.05, 4.69) is 5.32 Å². The summed E-state index contributed by atoms with van der Waals surface area (Å²) in [6, 6.07) is 1.00. The van der Waals surface area contributed by atoms with Crippen molar-refractivity contribution in [1.29, 1.82) is 0 Å². The first kappa shape index (κ1) is 15.0. The average Bonchev–Trinajstić information content (AvgIpc) is 3.02. The third-order valence-electron chi connectivity index (χ3n) is 4.86. The molecule has 2 atom stereocenters. The van der Waals surface area contributed by atoms with Crippen LogP contribution in [-0.4, -0.2) is 75.7 Å². The van der Waals surface area contributed by atoms with Gasteiger partial charge in [-0.2, -0.15) is 11.8 Å². The number of hydrogen-bond acceptors (Lipinski definition) is 4. The van der Waals surface area contributed by atoms with Gasteiger partial charge < -0.3 is 15.3 Å². The number of amides is 2. The van der Waals surface area contributed by atoms with Gasteiger partial charge in [-0.15, -0.1) is 0 Å². The fourth-order valence-corrected chi connectivity index (χ4v) is 5.02. The van der Waals surface area contributed by atoms with Crippen LogP contribution in [0.1, 0.15) is 26.2 Å². The molecule has 2 saturated heterocycles. The molecule has 0 spiro atoms. The van der Waals surface area contributed by atoms with E-state index in [4.69, 9.17) is 5.11 Å². The van der Waals surface area contributed by atoms with E-state index in [0.717, 1.165) is 38.1 Å². The second kappa shape index (κ2) is 6.04. The highest BCUT2D eigenvalue weighted by Crippen LogP contribution is 2.37. The van der Waals surface area contributed by atoms with Crippen molar-refractivity contribution in [3.8, 4) is 0 Å². The maximum absolute atomic E-state index is 12.3. The maximum Gasteiger partial charge on any atom is 0.317 e. The summed E-state index contributed by atoms with van der Waals surface area (Å²) in [7, 11) is 0. The van der Waals surface area contributed by atoms with Gasteiger partial charge >= 0.3 is 12.0 Å². The lowest BCUT2D eigenvalue weighted by atomic mass is 9.85. The van der Waals surface area contributed by atoms with Crippen LogP contribution in [0.3, 0.4) is 0 Å². The Hall–Kier alpha value is -0.950. The zero-order valence-electron chi connectivity index (χ0n) is 12.3. The summed E-state index contributed by atoms with van der Waals surface area (Å²) in [6.07, 6.45) is 2.88. The van der Waals surface area contributed by atoms with Gasteiger partial charge in [0.25, 0.3) is 0 Å². The van der Waals surface area contributed by atoms with E-state index < -0.39 is 5.97 Å². The largest absolute Gasteiger partial charge is 0.480 e. The Labute approximate surface area is 129 Å². The lowest BCUT2D eigenvalue weighted by Gasteiger charge is -2.43. The van der Waals surface area contributed by atoms with E-state index in [1.165, 1.54) is 0 Å². The van der Waals surface area contributed by atoms with Crippen LogP contribution in [0.25, 0.3) is 0 Å². The van der Waals surface area contributed by atoms with E-state index >= 15 is 0 Å². The van der Waals surface area contributed by atoms with Crippen molar-refractivity contribution in [2.75, 3.05) is 25.4 Å². The predicted molar refractivity (Wildman–Crippen MR) is 81.6 cm³/mol. The molecule has 0 aromatic carbocycles. The molecule has 2 bridgehead atoms. The second-order valence-corrected chi connectivity index (χ2v) is 7.56. The van der Waals surface area contributed by atoms with Gasteiger partial charge in [0, 0.05) is 35.7 Å². The minimum absolute atomic E-state index is 0.0764. The van der Waals surface area contributed by atoms with Gasteiger partial charge in [-0.1, -0.05) is 6.92 Å². The van der Waals surface area contributed by atoms with Crippen LogP contribution >= 0.6 is 11.8 Å². The van der Waals surface area contributed by atoms with Crippen LogP contribution in [0.5, 0.6) is 0 Å². The molecular formula is C14H23N3O3S. The first-order valence-corrected chi connectivity index (χ1v) is 8.76. The summed E-state index contributed by atoms with van der Waals surface area (Å²) in [5.41, 5.74) is 0. The summed E-state index contributed by atoms with van der Waals surface area (Å²) in [6.45, 7) is 3.70. The number of aliphatic carboxylic acids is 1. The number of likely N-dealkylation sites (tertiary alicyclic amines) is 1. The average molecular weight is 313 g/mol. The van der Waals surface area contributed by atoms with Crippen LogP contribution in [0.2, 0.25) is 0 Å². The summed E-state index contributed by atoms with van der Waals surface area (Å²) < 4.78 is 0. The van der Waals surface area contributed by atoms with E-state index in [-0.39, 0.29) is 18.6 Å². The summed E-state index contributed by atoms with van der Waals surface area (Å²) in [4.78, 5) is 27.0. The molecular weight excluding hydrogens is 290 g/mol. The highest BCUT2D eigenvalue weighted by molar-refractivity contribution is 8.00. The van der Waals surface area contributed by atoms with E-state index in [0.29, 0.717) is 17.3 Å². The van der Waals surface area contributed by atoms with Gasteiger partial charge in [0.1, 0.15) is 0 Å². The van der Waals surface area contributed by atoms with Crippen molar-refractivity contribution in [3.63, 3.8) is 0 Å². The smallest absolute Gasteiger partial charge is 0.317 e. The molecule has 0 aromatic rings. The molecule has 0 unspecified atom stereocenters. The van der Waals surface area contributed by atoms with Crippen LogP contribution in [0.15, 0.2) is 0 Å². The molecule has 0 aromatic heterocycles. The molecule has 1 saturated carbocycles. The van der Waals surface area contributed by atoms with Crippen molar-refractivity contribution in [3.05, 3.63) is 0 Å². The normalized spacial score (nSPS) is 34.1. The molecule has 2 amide bonds. The number of urea groups is 1. The number of hydrogen-bond donors (Lipinski definition) is 2. The van der Waals surface area contributed by atoms with Crippen molar-refractivity contribution in [2.24, 2.45) is 0 Å². The zero-order valence-corrected chi connectivity index (χ0v) is 13.1. The van der Waals surface area contributed by atoms with Gasteiger partial charge in [-0.05, 0) is 25.8 Å². The number of nitrogens with zero attached hydrogens (tertiary/aromatic N) is 2. The Morgan fingerprint density at radius 1 is 1.38 bits per heavy atom. The fourth-order valence-electron chi connectivity index (χ4n) is 3.58. The van der Waals surface area contributed by atoms with E-state index in [9.17, 15) is 9.59 Å². The number of carboxylic acids is 1. The van der Waals surface area contributed by atoms with Gasteiger partial charge in [-0.3, -0.25) is 9.69 Å². The van der Waals surface area contributed by atoms with Crippen molar-refractivity contribution >= 4 is 23.8 Å². The number of fused-ring (bicyclic) bond motifs is 2. The molecule has 0 radical (unpaired) electrons. The number of carboxylic acid groups (broad SMARTS) is 1. The Bertz CT molecular complexity index is 428. The molecule has 118 valence electrons. The van der Waals surface area contributed by atoms with Crippen LogP contribution in [0.4, 0.5) is 4.79 Å². The number of carbonyl (C=O) groups is 2. The lowest BCUT2D eigenvalue weighted by Crippen LogP contribution is -2.57. The molecule has 3 fully saturated rings. The summed E-state index contributed by atoms with van der Waals surface area (Å²) in [5.74, 6) is 0.295. The standard InChI is InChI=1S/C14H23N3O3S/c1-2-16(7-13(18)19)10-3-9(4-10)15-14(20)17-6-12-5-11(17)8-21-12/h9-12H,2-8H2,1H3,(H,15,20)(H,18,19)/t9?,10?,11-,12-/m0/s1. The number of thioether (sulfide) groups is 1. The molecule has 3 rings (SSSR count). The Morgan fingerprint density at radius 3 is 2.67 bits per heavy atom. The topological polar surface area (TPSA) is 72.9 Å². The SMILES string of the molecule is CCN(CC(=O)O)C1CC(NC(=O)N2C[C@@H]3C[C@H]2CS3)C1. The minimum atomic E-state index is -0.782. The lowest BCUT2D eigenvalue weighted by molar-refractivity contribution is -0.139. The van der Waals surface area contributed by atoms with Crippen LogP contribution < -0.4 is 5.32 Å². The fraction of sp³-hybridized carbons (Fsp3) is 0.857. The number of nitrogens with one attached hydrogen (secondary N) is 1. The van der Waals surface area contributed by atoms with Crippen LogP contribution in [0, 0.1) is 0 Å². The van der Waals surface area contributed by atoms with Gasteiger partial charge in [0.15, 0.2) is 0 Å². The van der Waals surface area contributed by atoms with E-state index in [1.807, 2.05) is 28.5 Å². The maximum atomic E-state index is 12.3.